The number of fused-ring (bicyclic) bond motifs is 1. The van der Waals surface area contributed by atoms with Crippen LogP contribution in [0.1, 0.15) is 50.4 Å². The van der Waals surface area contributed by atoms with Crippen LogP contribution < -0.4 is 10.6 Å². The molecule has 2 N–H and O–H groups in total. The lowest BCUT2D eigenvalue weighted by Gasteiger charge is -2.29. The molecular formula is C19H27N5O. The van der Waals surface area contributed by atoms with Crippen molar-refractivity contribution in [2.75, 3.05) is 0 Å². The lowest BCUT2D eigenvalue weighted by Crippen LogP contribution is -2.47. The first-order chi connectivity index (χ1) is 12.1. The van der Waals surface area contributed by atoms with Crippen LogP contribution in [0.2, 0.25) is 0 Å². The second-order valence-corrected chi connectivity index (χ2v) is 6.89. The zero-order valence-corrected chi connectivity index (χ0v) is 15.2. The number of aryl methyl sites for hydroxylation is 2. The molecule has 1 aliphatic rings. The third-order valence-corrected chi connectivity index (χ3v) is 4.45. The normalized spacial score (nSPS) is 18.0. The molecule has 6 nitrogen and oxygen atoms in total. The van der Waals surface area contributed by atoms with Crippen molar-refractivity contribution < 1.29 is 4.79 Å². The lowest BCUT2D eigenvalue weighted by molar-refractivity contribution is -0.124. The second kappa shape index (κ2) is 7.78. The summed E-state index contributed by atoms with van der Waals surface area (Å²) in [5.74, 6) is 1.96. The number of amides is 1. The summed E-state index contributed by atoms with van der Waals surface area (Å²) in [6.45, 7) is 6.78. The van der Waals surface area contributed by atoms with Crippen LogP contribution in [0.25, 0.3) is 0 Å². The van der Waals surface area contributed by atoms with Gasteiger partial charge in [-0.2, -0.15) is 5.10 Å². The zero-order chi connectivity index (χ0) is 17.8. The van der Waals surface area contributed by atoms with Crippen molar-refractivity contribution in [3.63, 3.8) is 0 Å². The van der Waals surface area contributed by atoms with Crippen LogP contribution in [0.15, 0.2) is 30.3 Å². The first kappa shape index (κ1) is 17.6. The van der Waals surface area contributed by atoms with Gasteiger partial charge in [-0.15, -0.1) is 0 Å². The fraction of sp³-hybridized carbons (Fsp3) is 0.526. The van der Waals surface area contributed by atoms with Gasteiger partial charge in [0.25, 0.3) is 0 Å². The predicted molar refractivity (Wildman–Crippen MR) is 97.1 cm³/mol. The summed E-state index contributed by atoms with van der Waals surface area (Å²) in [7, 11) is 0. The fourth-order valence-electron chi connectivity index (χ4n) is 3.22. The van der Waals surface area contributed by atoms with Gasteiger partial charge < -0.3 is 5.32 Å². The van der Waals surface area contributed by atoms with Gasteiger partial charge in [-0.1, -0.05) is 37.3 Å². The van der Waals surface area contributed by atoms with Crippen LogP contribution in [-0.4, -0.2) is 32.8 Å². The van der Waals surface area contributed by atoms with Gasteiger partial charge in [-0.25, -0.2) is 9.67 Å². The van der Waals surface area contributed by atoms with Gasteiger partial charge in [0.05, 0.1) is 6.54 Å². The molecule has 2 heterocycles. The van der Waals surface area contributed by atoms with Crippen molar-refractivity contribution in [2.24, 2.45) is 0 Å². The van der Waals surface area contributed by atoms with E-state index in [0.717, 1.165) is 43.0 Å². The standard InChI is InChI=1S/C19H27N5O/c1-4-16-22-17-11-10-15(12-24(17)23-16)21-18(19(25)20-13(2)3)14-8-6-5-7-9-14/h5-9,13,15,18,21H,4,10-12H2,1-3H3,(H,20,25)/t15-,18-/m1/s1. The van der Waals surface area contributed by atoms with Crippen LogP contribution in [0, 0.1) is 0 Å². The number of rotatable bonds is 6. The topological polar surface area (TPSA) is 71.8 Å². The van der Waals surface area contributed by atoms with Crippen molar-refractivity contribution in [1.29, 1.82) is 0 Å². The number of carbonyl (C=O) groups is 1. The number of hydrogen-bond acceptors (Lipinski definition) is 4. The number of benzene rings is 1. The molecule has 0 saturated heterocycles. The van der Waals surface area contributed by atoms with E-state index in [4.69, 9.17) is 0 Å². The molecule has 0 unspecified atom stereocenters. The number of carbonyl (C=O) groups excluding carboxylic acids is 1. The van der Waals surface area contributed by atoms with Crippen LogP contribution in [0.3, 0.4) is 0 Å². The van der Waals surface area contributed by atoms with Crippen molar-refractivity contribution in [2.45, 2.75) is 64.7 Å². The summed E-state index contributed by atoms with van der Waals surface area (Å²) in [4.78, 5) is 17.3. The summed E-state index contributed by atoms with van der Waals surface area (Å²) in [6.07, 6.45) is 2.69. The van der Waals surface area contributed by atoms with E-state index in [-0.39, 0.29) is 24.0 Å². The summed E-state index contributed by atoms with van der Waals surface area (Å²) in [5, 5.41) is 11.1. The Kier molecular flexibility index (Phi) is 5.48. The lowest BCUT2D eigenvalue weighted by atomic mass is 10.0. The summed E-state index contributed by atoms with van der Waals surface area (Å²) >= 11 is 0. The molecule has 3 rings (SSSR count). The summed E-state index contributed by atoms with van der Waals surface area (Å²) < 4.78 is 1.99. The third kappa shape index (κ3) is 4.25. The quantitative estimate of drug-likeness (QED) is 0.843. The van der Waals surface area contributed by atoms with Gasteiger partial charge in [0.2, 0.25) is 5.91 Å². The van der Waals surface area contributed by atoms with Crippen LogP contribution in [0.5, 0.6) is 0 Å². The largest absolute Gasteiger partial charge is 0.352 e. The SMILES string of the molecule is CCc1nc2n(n1)C[C@H](N[C@@H](C(=O)NC(C)C)c1ccccc1)CC2. The molecule has 0 saturated carbocycles. The van der Waals surface area contributed by atoms with Crippen molar-refractivity contribution in [3.8, 4) is 0 Å². The third-order valence-electron chi connectivity index (χ3n) is 4.45. The minimum Gasteiger partial charge on any atom is -0.352 e. The maximum atomic E-state index is 12.7. The summed E-state index contributed by atoms with van der Waals surface area (Å²) in [5.41, 5.74) is 0.985. The fourth-order valence-corrected chi connectivity index (χ4v) is 3.22. The van der Waals surface area contributed by atoms with Crippen LogP contribution >= 0.6 is 0 Å². The number of nitrogens with one attached hydrogen (secondary N) is 2. The number of aromatic nitrogens is 3. The molecule has 1 aromatic carbocycles. The van der Waals surface area contributed by atoms with Gasteiger partial charge in [0.15, 0.2) is 5.82 Å². The van der Waals surface area contributed by atoms with Gasteiger partial charge in [0.1, 0.15) is 11.9 Å². The monoisotopic (exact) mass is 341 g/mol. The van der Waals surface area contributed by atoms with E-state index in [1.165, 1.54) is 0 Å². The van der Waals surface area contributed by atoms with E-state index in [1.54, 1.807) is 0 Å². The molecule has 2 atom stereocenters. The van der Waals surface area contributed by atoms with Gasteiger partial charge >= 0.3 is 0 Å². The molecular weight excluding hydrogens is 314 g/mol. The molecule has 1 aliphatic heterocycles. The van der Waals surface area contributed by atoms with Gasteiger partial charge in [-0.3, -0.25) is 10.1 Å². The molecule has 134 valence electrons. The molecule has 1 amide bonds. The van der Waals surface area contributed by atoms with Crippen molar-refractivity contribution >= 4 is 5.91 Å². The Morgan fingerprint density at radius 1 is 1.32 bits per heavy atom. The Morgan fingerprint density at radius 2 is 2.08 bits per heavy atom. The maximum absolute atomic E-state index is 12.7. The highest BCUT2D eigenvalue weighted by molar-refractivity contribution is 5.83. The molecule has 1 aromatic heterocycles. The number of hydrogen-bond donors (Lipinski definition) is 2. The minimum atomic E-state index is -0.357. The van der Waals surface area contributed by atoms with E-state index in [1.807, 2.05) is 48.9 Å². The average molecular weight is 341 g/mol. The van der Waals surface area contributed by atoms with Crippen LogP contribution in [0.4, 0.5) is 0 Å². The molecule has 6 heteroatoms. The Morgan fingerprint density at radius 3 is 2.76 bits per heavy atom. The maximum Gasteiger partial charge on any atom is 0.241 e. The highest BCUT2D eigenvalue weighted by atomic mass is 16.2. The molecule has 2 aromatic rings. The zero-order valence-electron chi connectivity index (χ0n) is 15.2. The first-order valence-electron chi connectivity index (χ1n) is 9.10. The minimum absolute atomic E-state index is 0.0137. The smallest absolute Gasteiger partial charge is 0.241 e. The molecule has 0 bridgehead atoms. The number of nitrogens with zero attached hydrogens (tertiary/aromatic N) is 3. The molecule has 25 heavy (non-hydrogen) atoms. The van der Waals surface area contributed by atoms with E-state index in [0.29, 0.717) is 0 Å². The molecule has 0 spiro atoms. The van der Waals surface area contributed by atoms with Crippen molar-refractivity contribution in [1.82, 2.24) is 25.4 Å². The highest BCUT2D eigenvalue weighted by Gasteiger charge is 2.27. The van der Waals surface area contributed by atoms with E-state index in [9.17, 15) is 4.79 Å². The first-order valence-corrected chi connectivity index (χ1v) is 9.10. The van der Waals surface area contributed by atoms with E-state index < -0.39 is 0 Å². The Balaban J connectivity index is 1.75. The Bertz CT molecular complexity index is 710. The second-order valence-electron chi connectivity index (χ2n) is 6.89. The highest BCUT2D eigenvalue weighted by Crippen LogP contribution is 2.19. The average Bonchev–Trinajstić information content (AvgIpc) is 3.02. The predicted octanol–water partition coefficient (Wildman–Crippen LogP) is 2.01. The Hall–Kier alpha value is -2.21. The Labute approximate surface area is 149 Å². The molecule has 0 aliphatic carbocycles. The van der Waals surface area contributed by atoms with Crippen molar-refractivity contribution in [3.05, 3.63) is 47.5 Å². The van der Waals surface area contributed by atoms with Crippen LogP contribution in [-0.2, 0) is 24.2 Å². The van der Waals surface area contributed by atoms with Gasteiger partial charge in [0, 0.05) is 24.9 Å². The molecule has 0 fully saturated rings. The van der Waals surface area contributed by atoms with E-state index >= 15 is 0 Å². The van der Waals surface area contributed by atoms with Gasteiger partial charge in [-0.05, 0) is 25.8 Å². The van der Waals surface area contributed by atoms with E-state index in [2.05, 4.69) is 27.6 Å². The molecule has 0 radical (unpaired) electrons. The summed E-state index contributed by atoms with van der Waals surface area (Å²) in [6, 6.07) is 9.85.